The van der Waals surface area contributed by atoms with Crippen molar-refractivity contribution in [2.75, 3.05) is 0 Å². The van der Waals surface area contributed by atoms with E-state index in [0.717, 1.165) is 11.4 Å². The van der Waals surface area contributed by atoms with E-state index in [2.05, 4.69) is 23.8 Å². The van der Waals surface area contributed by atoms with Gasteiger partial charge in [0.1, 0.15) is 0 Å². The fourth-order valence-corrected chi connectivity index (χ4v) is 1.35. The monoisotopic (exact) mass is 377 g/mol. The number of nitrogens with zero attached hydrogens (tertiary/aromatic N) is 2. The Balaban J connectivity index is 0.00000112. The Morgan fingerprint density at radius 1 is 0.800 bits per heavy atom. The molecule has 0 aliphatic heterocycles. The maximum Gasteiger partial charge on any atom is 1.00 e. The normalized spacial score (nSPS) is 9.47. The van der Waals surface area contributed by atoms with Gasteiger partial charge in [-0.1, -0.05) is 0 Å². The Morgan fingerprint density at radius 2 is 1.20 bits per heavy atom. The number of aromatic nitrogens is 2. The Morgan fingerprint density at radius 3 is 1.53 bits per heavy atom. The SMILES string of the molecule is Cc1ccnc(-c2cc(C)ccn2)c1.[Ir+]. The van der Waals surface area contributed by atoms with Crippen molar-refractivity contribution in [3.63, 3.8) is 0 Å². The Kier molecular flexibility index (Phi) is 4.13. The first kappa shape index (κ1) is 12.0. The molecular formula is C12H12IrN2+. The third-order valence-corrected chi connectivity index (χ3v) is 2.09. The maximum atomic E-state index is 4.29. The minimum atomic E-state index is 0. The fourth-order valence-electron chi connectivity index (χ4n) is 1.35. The average molecular weight is 376 g/mol. The quantitative estimate of drug-likeness (QED) is 0.765. The molecule has 0 aliphatic rings. The van der Waals surface area contributed by atoms with Crippen molar-refractivity contribution in [3.05, 3.63) is 47.8 Å². The summed E-state index contributed by atoms with van der Waals surface area (Å²) >= 11 is 0. The van der Waals surface area contributed by atoms with Gasteiger partial charge in [0.25, 0.3) is 0 Å². The molecule has 2 aromatic rings. The van der Waals surface area contributed by atoms with Gasteiger partial charge in [0.2, 0.25) is 0 Å². The third kappa shape index (κ3) is 2.95. The summed E-state index contributed by atoms with van der Waals surface area (Å²) in [6.45, 7) is 4.11. The van der Waals surface area contributed by atoms with Crippen LogP contribution < -0.4 is 0 Å². The van der Waals surface area contributed by atoms with Crippen LogP contribution in [-0.4, -0.2) is 9.97 Å². The topological polar surface area (TPSA) is 25.8 Å². The Labute approximate surface area is 103 Å². The van der Waals surface area contributed by atoms with Gasteiger partial charge in [0.15, 0.2) is 0 Å². The van der Waals surface area contributed by atoms with Crippen LogP contribution in [0.2, 0.25) is 0 Å². The Bertz CT molecular complexity index is 411. The number of hydrogen-bond donors (Lipinski definition) is 0. The van der Waals surface area contributed by atoms with E-state index in [1.54, 1.807) is 0 Å². The zero-order valence-electron chi connectivity index (χ0n) is 8.69. The molecule has 3 heteroatoms. The summed E-state index contributed by atoms with van der Waals surface area (Å²) in [6, 6.07) is 8.06. The predicted octanol–water partition coefficient (Wildman–Crippen LogP) is 2.76. The van der Waals surface area contributed by atoms with E-state index >= 15 is 0 Å². The number of rotatable bonds is 1. The first-order chi connectivity index (χ1) is 6.75. The fraction of sp³-hybridized carbons (Fsp3) is 0.167. The summed E-state index contributed by atoms with van der Waals surface area (Å²) in [7, 11) is 0. The van der Waals surface area contributed by atoms with Gasteiger partial charge in [-0.3, -0.25) is 9.97 Å². The van der Waals surface area contributed by atoms with E-state index in [4.69, 9.17) is 0 Å². The molecule has 0 spiro atoms. The molecule has 15 heavy (non-hydrogen) atoms. The van der Waals surface area contributed by atoms with Crippen molar-refractivity contribution >= 4 is 0 Å². The van der Waals surface area contributed by atoms with Crippen LogP contribution in [0.4, 0.5) is 0 Å². The van der Waals surface area contributed by atoms with E-state index in [9.17, 15) is 0 Å². The van der Waals surface area contributed by atoms with Crippen LogP contribution in [0.25, 0.3) is 11.4 Å². The van der Waals surface area contributed by atoms with E-state index in [1.807, 2.05) is 36.7 Å². The van der Waals surface area contributed by atoms with Crippen LogP contribution >= 0.6 is 0 Å². The second-order valence-electron chi connectivity index (χ2n) is 3.44. The summed E-state index contributed by atoms with van der Waals surface area (Å²) in [6.07, 6.45) is 3.63. The molecule has 2 heterocycles. The van der Waals surface area contributed by atoms with Crippen LogP contribution in [0.15, 0.2) is 36.7 Å². The van der Waals surface area contributed by atoms with Crippen molar-refractivity contribution in [2.24, 2.45) is 0 Å². The summed E-state index contributed by atoms with van der Waals surface area (Å²) in [4.78, 5) is 8.58. The van der Waals surface area contributed by atoms with Crippen molar-refractivity contribution in [1.82, 2.24) is 9.97 Å². The maximum absolute atomic E-state index is 4.29. The minimum Gasteiger partial charge on any atom is -0.255 e. The molecule has 0 saturated carbocycles. The summed E-state index contributed by atoms with van der Waals surface area (Å²) < 4.78 is 0. The average Bonchev–Trinajstić information content (AvgIpc) is 2.18. The second kappa shape index (κ2) is 5.15. The summed E-state index contributed by atoms with van der Waals surface area (Å²) in [5, 5.41) is 0. The van der Waals surface area contributed by atoms with Gasteiger partial charge in [-0.05, 0) is 49.2 Å². The van der Waals surface area contributed by atoms with Crippen LogP contribution in [0, 0.1) is 13.8 Å². The summed E-state index contributed by atoms with van der Waals surface area (Å²) in [5.41, 5.74) is 4.29. The number of aryl methyl sites for hydroxylation is 2. The molecule has 0 amide bonds. The number of pyridine rings is 2. The minimum absolute atomic E-state index is 0. The van der Waals surface area contributed by atoms with Crippen LogP contribution in [0.1, 0.15) is 11.1 Å². The first-order valence-corrected chi connectivity index (χ1v) is 4.61. The van der Waals surface area contributed by atoms with Crippen LogP contribution in [0.5, 0.6) is 0 Å². The van der Waals surface area contributed by atoms with Gasteiger partial charge in [-0.2, -0.15) is 0 Å². The van der Waals surface area contributed by atoms with Crippen LogP contribution in [0.3, 0.4) is 0 Å². The predicted molar refractivity (Wildman–Crippen MR) is 56.9 cm³/mol. The van der Waals surface area contributed by atoms with Crippen molar-refractivity contribution in [3.8, 4) is 11.4 Å². The molecular weight excluding hydrogens is 364 g/mol. The molecule has 2 aromatic heterocycles. The summed E-state index contributed by atoms with van der Waals surface area (Å²) in [5.74, 6) is 0. The Hall–Kier alpha value is -1.05. The van der Waals surface area contributed by atoms with Gasteiger partial charge < -0.3 is 0 Å². The zero-order chi connectivity index (χ0) is 9.97. The first-order valence-electron chi connectivity index (χ1n) is 4.61. The van der Waals surface area contributed by atoms with Gasteiger partial charge in [0, 0.05) is 12.4 Å². The molecule has 0 fully saturated rings. The molecule has 0 unspecified atom stereocenters. The molecule has 2 nitrogen and oxygen atoms in total. The molecule has 0 bridgehead atoms. The molecule has 0 aliphatic carbocycles. The molecule has 0 atom stereocenters. The van der Waals surface area contributed by atoms with Gasteiger partial charge in [0.05, 0.1) is 11.4 Å². The zero-order valence-corrected chi connectivity index (χ0v) is 11.1. The van der Waals surface area contributed by atoms with E-state index in [1.165, 1.54) is 11.1 Å². The van der Waals surface area contributed by atoms with Gasteiger partial charge in [-0.25, -0.2) is 0 Å². The second-order valence-corrected chi connectivity index (χ2v) is 3.44. The van der Waals surface area contributed by atoms with Crippen molar-refractivity contribution in [1.29, 1.82) is 0 Å². The largest absolute Gasteiger partial charge is 1.00 e. The van der Waals surface area contributed by atoms with E-state index < -0.39 is 0 Å². The molecule has 0 radical (unpaired) electrons. The smallest absolute Gasteiger partial charge is 0.255 e. The van der Waals surface area contributed by atoms with Crippen molar-refractivity contribution in [2.45, 2.75) is 13.8 Å². The molecule has 0 N–H and O–H groups in total. The van der Waals surface area contributed by atoms with E-state index in [-0.39, 0.29) is 20.1 Å². The number of hydrogen-bond acceptors (Lipinski definition) is 2. The molecule has 78 valence electrons. The van der Waals surface area contributed by atoms with Crippen LogP contribution in [-0.2, 0) is 20.1 Å². The molecule has 0 aromatic carbocycles. The van der Waals surface area contributed by atoms with Gasteiger partial charge >= 0.3 is 20.1 Å². The third-order valence-electron chi connectivity index (χ3n) is 2.09. The van der Waals surface area contributed by atoms with Crippen molar-refractivity contribution < 1.29 is 20.1 Å². The van der Waals surface area contributed by atoms with Gasteiger partial charge in [-0.15, -0.1) is 0 Å². The molecule has 2 rings (SSSR count). The van der Waals surface area contributed by atoms with E-state index in [0.29, 0.717) is 0 Å². The molecule has 0 saturated heterocycles. The standard InChI is InChI=1S/C12H12N2.Ir/c1-9-3-5-13-11(7-9)12-8-10(2)4-6-14-12;/h3-8H,1-2H3;/q;+1.